The fraction of sp³-hybridized carbons (Fsp3) is 0.600. The fourth-order valence-electron chi connectivity index (χ4n) is 0.204. The van der Waals surface area contributed by atoms with E-state index in [1.165, 1.54) is 6.42 Å². The Kier molecular flexibility index (Phi) is 15.2. The molecular weight excluding hydrogens is 83.0 g/mol. The van der Waals surface area contributed by atoms with Gasteiger partial charge in [-0.2, -0.15) is 0 Å². The molecule has 0 amide bonds. The molecule has 0 atom stereocenters. The Morgan fingerprint density at radius 2 is 2.17 bits per heavy atom. The average Bonchev–Trinajstić information content (AvgIpc) is 1.41. The minimum atomic E-state index is 0. The van der Waals surface area contributed by atoms with Crippen LogP contribution in [0.15, 0.2) is 12.7 Å². The summed E-state index contributed by atoms with van der Waals surface area (Å²) in [5.74, 6) is 0. The van der Waals surface area contributed by atoms with Crippen LogP contribution in [0, 0.1) is 0 Å². The van der Waals surface area contributed by atoms with E-state index in [0.29, 0.717) is 0 Å². The summed E-state index contributed by atoms with van der Waals surface area (Å²) in [6, 6.07) is 0. The molecule has 32 valence electrons. The standard InChI is InChI=1S/C5H10.Na.H/c1-3-5-4-2;;/h3H,1,4-5H2,2H3;;. The van der Waals surface area contributed by atoms with E-state index in [2.05, 4.69) is 13.5 Å². The van der Waals surface area contributed by atoms with Crippen molar-refractivity contribution in [3.05, 3.63) is 12.7 Å². The van der Waals surface area contributed by atoms with E-state index in [1.807, 2.05) is 6.08 Å². The second-order valence-electron chi connectivity index (χ2n) is 1.08. The summed E-state index contributed by atoms with van der Waals surface area (Å²) in [5.41, 5.74) is 0. The van der Waals surface area contributed by atoms with Gasteiger partial charge in [0.2, 0.25) is 0 Å². The van der Waals surface area contributed by atoms with Crippen molar-refractivity contribution >= 4 is 29.6 Å². The van der Waals surface area contributed by atoms with Crippen molar-refractivity contribution in [1.29, 1.82) is 0 Å². The normalized spacial score (nSPS) is 6.17. The maximum absolute atomic E-state index is 3.55. The number of allylic oxidation sites excluding steroid dienone is 1. The van der Waals surface area contributed by atoms with Crippen molar-refractivity contribution in [1.82, 2.24) is 0 Å². The molecule has 6 heavy (non-hydrogen) atoms. The van der Waals surface area contributed by atoms with Crippen LogP contribution in [0.3, 0.4) is 0 Å². The van der Waals surface area contributed by atoms with Crippen LogP contribution in [0.1, 0.15) is 19.8 Å². The van der Waals surface area contributed by atoms with Crippen molar-refractivity contribution in [2.75, 3.05) is 0 Å². The number of hydrogen-bond acceptors (Lipinski definition) is 0. The molecule has 0 unspecified atom stereocenters. The number of rotatable bonds is 2. The zero-order valence-electron chi connectivity index (χ0n) is 3.70. The zero-order chi connectivity index (χ0) is 4.12. The second kappa shape index (κ2) is 9.22. The van der Waals surface area contributed by atoms with Crippen molar-refractivity contribution < 1.29 is 0 Å². The SMILES string of the molecule is C=CCCC.[NaH]. The summed E-state index contributed by atoms with van der Waals surface area (Å²) in [6.45, 7) is 5.69. The van der Waals surface area contributed by atoms with Gasteiger partial charge in [0.15, 0.2) is 0 Å². The fourth-order valence-corrected chi connectivity index (χ4v) is 0.204. The summed E-state index contributed by atoms with van der Waals surface area (Å²) >= 11 is 0. The quantitative estimate of drug-likeness (QED) is 0.357. The summed E-state index contributed by atoms with van der Waals surface area (Å²) in [5, 5.41) is 0. The average molecular weight is 94.1 g/mol. The molecule has 0 nitrogen and oxygen atoms in total. The van der Waals surface area contributed by atoms with Gasteiger partial charge in [0, 0.05) is 0 Å². The molecule has 0 aromatic heterocycles. The number of unbranched alkanes of at least 4 members (excludes halogenated alkanes) is 1. The van der Waals surface area contributed by atoms with E-state index < -0.39 is 0 Å². The first-order valence-electron chi connectivity index (χ1n) is 2.02. The molecule has 0 aliphatic carbocycles. The summed E-state index contributed by atoms with van der Waals surface area (Å²) in [4.78, 5) is 0. The van der Waals surface area contributed by atoms with E-state index in [9.17, 15) is 0 Å². The molecule has 0 saturated carbocycles. The molecule has 0 heterocycles. The van der Waals surface area contributed by atoms with E-state index in [4.69, 9.17) is 0 Å². The van der Waals surface area contributed by atoms with Gasteiger partial charge in [-0.05, 0) is 6.42 Å². The van der Waals surface area contributed by atoms with Gasteiger partial charge >= 0.3 is 29.6 Å². The van der Waals surface area contributed by atoms with Gasteiger partial charge in [0.05, 0.1) is 0 Å². The van der Waals surface area contributed by atoms with Crippen LogP contribution in [0.25, 0.3) is 0 Å². The second-order valence-corrected chi connectivity index (χ2v) is 1.08. The molecule has 0 aromatic rings. The Morgan fingerprint density at radius 3 is 2.17 bits per heavy atom. The molecule has 0 spiro atoms. The molecule has 0 fully saturated rings. The van der Waals surface area contributed by atoms with E-state index in [1.54, 1.807) is 0 Å². The Balaban J connectivity index is 0. The van der Waals surface area contributed by atoms with Crippen LogP contribution < -0.4 is 0 Å². The van der Waals surface area contributed by atoms with Crippen molar-refractivity contribution in [3.8, 4) is 0 Å². The molecule has 0 aliphatic heterocycles. The Bertz CT molecular complexity index is 25.1. The first-order chi connectivity index (χ1) is 2.41. The number of hydrogen-bond donors (Lipinski definition) is 0. The molecular formula is C5H11Na. The predicted octanol–water partition coefficient (Wildman–Crippen LogP) is 1.32. The van der Waals surface area contributed by atoms with Gasteiger partial charge in [-0.3, -0.25) is 0 Å². The summed E-state index contributed by atoms with van der Waals surface area (Å²) < 4.78 is 0. The zero-order valence-corrected chi connectivity index (χ0v) is 3.70. The van der Waals surface area contributed by atoms with Gasteiger partial charge in [-0.15, -0.1) is 6.58 Å². The molecule has 1 heteroatoms. The van der Waals surface area contributed by atoms with Crippen LogP contribution in [0.4, 0.5) is 0 Å². The summed E-state index contributed by atoms with van der Waals surface area (Å²) in [6.07, 6.45) is 4.31. The molecule has 0 saturated heterocycles. The molecule has 0 rings (SSSR count). The van der Waals surface area contributed by atoms with Crippen molar-refractivity contribution in [2.24, 2.45) is 0 Å². The van der Waals surface area contributed by atoms with Crippen LogP contribution in [-0.2, 0) is 0 Å². The molecule has 0 aromatic carbocycles. The van der Waals surface area contributed by atoms with Crippen LogP contribution in [-0.4, -0.2) is 29.6 Å². The third kappa shape index (κ3) is 8.83. The van der Waals surface area contributed by atoms with Crippen LogP contribution >= 0.6 is 0 Å². The monoisotopic (exact) mass is 94.1 g/mol. The molecule has 0 N–H and O–H groups in total. The molecule has 0 aliphatic rings. The van der Waals surface area contributed by atoms with Gasteiger partial charge < -0.3 is 0 Å². The van der Waals surface area contributed by atoms with Gasteiger partial charge in [-0.1, -0.05) is 19.4 Å². The van der Waals surface area contributed by atoms with E-state index in [0.717, 1.165) is 6.42 Å². The van der Waals surface area contributed by atoms with Gasteiger partial charge in [0.25, 0.3) is 0 Å². The third-order valence-corrected chi connectivity index (χ3v) is 0.493. The molecule has 0 radical (unpaired) electrons. The minimum absolute atomic E-state index is 0. The van der Waals surface area contributed by atoms with Crippen molar-refractivity contribution in [2.45, 2.75) is 19.8 Å². The summed E-state index contributed by atoms with van der Waals surface area (Å²) in [7, 11) is 0. The maximum atomic E-state index is 3.55. The van der Waals surface area contributed by atoms with E-state index in [-0.39, 0.29) is 29.6 Å². The van der Waals surface area contributed by atoms with E-state index >= 15 is 0 Å². The first-order valence-corrected chi connectivity index (χ1v) is 2.02. The Labute approximate surface area is 61.9 Å². The van der Waals surface area contributed by atoms with Gasteiger partial charge in [-0.25, -0.2) is 0 Å². The van der Waals surface area contributed by atoms with Crippen molar-refractivity contribution in [3.63, 3.8) is 0 Å². The van der Waals surface area contributed by atoms with Crippen LogP contribution in [0.2, 0.25) is 0 Å². The third-order valence-electron chi connectivity index (χ3n) is 0.493. The first kappa shape index (κ1) is 9.88. The van der Waals surface area contributed by atoms with Crippen LogP contribution in [0.5, 0.6) is 0 Å². The van der Waals surface area contributed by atoms with Gasteiger partial charge in [0.1, 0.15) is 0 Å². The predicted molar refractivity (Wildman–Crippen MR) is 32.3 cm³/mol. The Morgan fingerprint density at radius 1 is 1.67 bits per heavy atom. The Hall–Kier alpha value is 0.740. The molecule has 0 bridgehead atoms. The topological polar surface area (TPSA) is 0 Å².